The van der Waals surface area contributed by atoms with Gasteiger partial charge in [0.15, 0.2) is 17.3 Å². The molecule has 0 atom stereocenters. The zero-order valence-electron chi connectivity index (χ0n) is 15.4. The lowest BCUT2D eigenvalue weighted by Gasteiger charge is -2.21. The Kier molecular flexibility index (Phi) is 5.16. The number of allylic oxidation sites excluding steroid dienone is 1. The molecule has 0 radical (unpaired) electrons. The summed E-state index contributed by atoms with van der Waals surface area (Å²) in [4.78, 5) is 12.6. The molecule has 26 heavy (non-hydrogen) atoms. The Bertz CT molecular complexity index is 867. The van der Waals surface area contributed by atoms with Crippen LogP contribution in [0, 0.1) is 0 Å². The Hall–Kier alpha value is -2.95. The Morgan fingerprint density at radius 1 is 0.808 bits per heavy atom. The first-order valence-electron chi connectivity index (χ1n) is 8.34. The summed E-state index contributed by atoms with van der Waals surface area (Å²) < 4.78 is 21.6. The van der Waals surface area contributed by atoms with Crippen molar-refractivity contribution in [1.82, 2.24) is 0 Å². The first-order valence-corrected chi connectivity index (χ1v) is 8.34. The van der Waals surface area contributed by atoms with Crippen molar-refractivity contribution in [3.05, 3.63) is 47.0 Å². The van der Waals surface area contributed by atoms with Crippen LogP contribution in [0.25, 0.3) is 11.6 Å². The van der Waals surface area contributed by atoms with Gasteiger partial charge in [0, 0.05) is 29.2 Å². The molecule has 136 valence electrons. The van der Waals surface area contributed by atoms with Crippen LogP contribution < -0.4 is 18.9 Å². The van der Waals surface area contributed by atoms with Crippen molar-refractivity contribution in [2.24, 2.45) is 0 Å². The van der Waals surface area contributed by atoms with Gasteiger partial charge in [-0.3, -0.25) is 4.79 Å². The molecule has 1 aliphatic rings. The lowest BCUT2D eigenvalue weighted by Crippen LogP contribution is -2.13. The molecule has 0 amide bonds. The molecule has 0 saturated heterocycles. The van der Waals surface area contributed by atoms with Crippen molar-refractivity contribution in [1.29, 1.82) is 0 Å². The van der Waals surface area contributed by atoms with Gasteiger partial charge in [0.2, 0.25) is 0 Å². The van der Waals surface area contributed by atoms with Crippen molar-refractivity contribution < 1.29 is 23.7 Å². The van der Waals surface area contributed by atoms with Gasteiger partial charge in [-0.2, -0.15) is 0 Å². The minimum absolute atomic E-state index is 0.0996. The average Bonchev–Trinajstić information content (AvgIpc) is 2.68. The molecule has 0 unspecified atom stereocenters. The smallest absolute Gasteiger partial charge is 0.164 e. The molecule has 0 spiro atoms. The molecule has 2 aromatic carbocycles. The summed E-state index contributed by atoms with van der Waals surface area (Å²) in [6, 6.07) is 9.34. The second-order valence-corrected chi connectivity index (χ2v) is 5.92. The summed E-state index contributed by atoms with van der Waals surface area (Å²) in [6.07, 6.45) is 2.98. The van der Waals surface area contributed by atoms with E-state index in [1.54, 1.807) is 34.5 Å². The third-order valence-corrected chi connectivity index (χ3v) is 4.58. The molecule has 3 rings (SSSR count). The zero-order valence-corrected chi connectivity index (χ0v) is 15.4. The second-order valence-electron chi connectivity index (χ2n) is 5.92. The number of carbonyl (C=O) groups is 1. The minimum Gasteiger partial charge on any atom is -0.496 e. The summed E-state index contributed by atoms with van der Waals surface area (Å²) in [7, 11) is 6.38. The van der Waals surface area contributed by atoms with Gasteiger partial charge in [0.05, 0.1) is 28.4 Å². The van der Waals surface area contributed by atoms with E-state index in [2.05, 4.69) is 0 Å². The molecule has 0 saturated carbocycles. The molecule has 0 aromatic heterocycles. The van der Waals surface area contributed by atoms with Gasteiger partial charge < -0.3 is 18.9 Å². The summed E-state index contributed by atoms with van der Waals surface area (Å²) in [5.74, 6) is 2.67. The fraction of sp³-hybridized carbons (Fsp3) is 0.286. The van der Waals surface area contributed by atoms with Crippen LogP contribution in [0.4, 0.5) is 0 Å². The van der Waals surface area contributed by atoms with Crippen LogP contribution in [0.2, 0.25) is 0 Å². The van der Waals surface area contributed by atoms with E-state index in [4.69, 9.17) is 18.9 Å². The lowest BCUT2D eigenvalue weighted by atomic mass is 9.85. The quantitative estimate of drug-likeness (QED) is 0.765. The normalized spacial score (nSPS) is 14.8. The lowest BCUT2D eigenvalue weighted by molar-refractivity contribution is -0.113. The Balaban J connectivity index is 2.18. The summed E-state index contributed by atoms with van der Waals surface area (Å²) in [5.41, 5.74) is 3.36. The van der Waals surface area contributed by atoms with Gasteiger partial charge in [0.1, 0.15) is 11.5 Å². The second kappa shape index (κ2) is 7.52. The molecular formula is C21H22O5. The summed E-state index contributed by atoms with van der Waals surface area (Å²) in [5, 5.41) is 0. The predicted molar refractivity (Wildman–Crippen MR) is 100 cm³/mol. The van der Waals surface area contributed by atoms with E-state index in [0.717, 1.165) is 22.4 Å². The third-order valence-electron chi connectivity index (χ3n) is 4.58. The van der Waals surface area contributed by atoms with E-state index in [9.17, 15) is 4.79 Å². The SMILES string of the molecule is COc1cc(OC)c(OC)cc1/C=C1/C(=O)CCc2c(OC)cccc21. The maximum Gasteiger partial charge on any atom is 0.164 e. The van der Waals surface area contributed by atoms with Crippen molar-refractivity contribution in [2.45, 2.75) is 12.8 Å². The van der Waals surface area contributed by atoms with Gasteiger partial charge in [-0.25, -0.2) is 0 Å². The van der Waals surface area contributed by atoms with E-state index >= 15 is 0 Å². The predicted octanol–water partition coefficient (Wildman–Crippen LogP) is 3.78. The standard InChI is InChI=1S/C21H22O5/c1-23-18-7-5-6-14-15(18)8-9-17(22)16(14)10-13-11-20(25-3)21(26-4)12-19(13)24-2/h5-7,10-12H,8-9H2,1-4H3/b16-10+. The highest BCUT2D eigenvalue weighted by Gasteiger charge is 2.24. The van der Waals surface area contributed by atoms with Crippen LogP contribution in [0.1, 0.15) is 23.1 Å². The molecular weight excluding hydrogens is 332 g/mol. The molecule has 0 N–H and O–H groups in total. The number of rotatable bonds is 5. The fourth-order valence-corrected chi connectivity index (χ4v) is 3.27. The fourth-order valence-electron chi connectivity index (χ4n) is 3.27. The zero-order chi connectivity index (χ0) is 18.7. The van der Waals surface area contributed by atoms with Crippen molar-refractivity contribution in [3.63, 3.8) is 0 Å². The third kappa shape index (κ3) is 3.12. The monoisotopic (exact) mass is 354 g/mol. The highest BCUT2D eigenvalue weighted by molar-refractivity contribution is 6.27. The van der Waals surface area contributed by atoms with Crippen LogP contribution in [-0.4, -0.2) is 34.2 Å². The van der Waals surface area contributed by atoms with Crippen molar-refractivity contribution in [3.8, 4) is 23.0 Å². The molecule has 0 fully saturated rings. The Labute approximate surface area is 153 Å². The van der Waals surface area contributed by atoms with Gasteiger partial charge in [-0.15, -0.1) is 0 Å². The molecule has 0 aliphatic heterocycles. The molecule has 5 nitrogen and oxygen atoms in total. The van der Waals surface area contributed by atoms with Crippen LogP contribution in [-0.2, 0) is 11.2 Å². The number of ketones is 1. The maximum absolute atomic E-state index is 12.6. The molecule has 0 heterocycles. The number of carbonyl (C=O) groups excluding carboxylic acids is 1. The topological polar surface area (TPSA) is 54.0 Å². The summed E-state index contributed by atoms with van der Waals surface area (Å²) in [6.45, 7) is 0. The van der Waals surface area contributed by atoms with Crippen molar-refractivity contribution >= 4 is 17.4 Å². The Morgan fingerprint density at radius 2 is 1.46 bits per heavy atom. The molecule has 5 heteroatoms. The van der Waals surface area contributed by atoms with Gasteiger partial charge in [-0.05, 0) is 30.2 Å². The molecule has 1 aliphatic carbocycles. The number of hydrogen-bond donors (Lipinski definition) is 0. The number of Topliss-reactive ketones (excluding diaryl/α,β-unsaturated/α-hetero) is 1. The maximum atomic E-state index is 12.6. The first-order chi connectivity index (χ1) is 12.6. The highest BCUT2D eigenvalue weighted by atomic mass is 16.5. The number of hydrogen-bond acceptors (Lipinski definition) is 5. The van der Waals surface area contributed by atoms with Crippen molar-refractivity contribution in [2.75, 3.05) is 28.4 Å². The Morgan fingerprint density at radius 3 is 2.12 bits per heavy atom. The van der Waals surface area contributed by atoms with Gasteiger partial charge in [-0.1, -0.05) is 12.1 Å². The largest absolute Gasteiger partial charge is 0.496 e. The molecule has 0 bridgehead atoms. The number of ether oxygens (including phenoxy) is 4. The average molecular weight is 354 g/mol. The summed E-state index contributed by atoms with van der Waals surface area (Å²) >= 11 is 0. The van der Waals surface area contributed by atoms with E-state index in [-0.39, 0.29) is 5.78 Å². The van der Waals surface area contributed by atoms with Crippen LogP contribution in [0.3, 0.4) is 0 Å². The number of methoxy groups -OCH3 is 4. The minimum atomic E-state index is 0.0996. The first kappa shape index (κ1) is 17.9. The van der Waals surface area contributed by atoms with Gasteiger partial charge >= 0.3 is 0 Å². The van der Waals surface area contributed by atoms with E-state index < -0.39 is 0 Å². The van der Waals surface area contributed by atoms with E-state index in [1.165, 1.54) is 0 Å². The van der Waals surface area contributed by atoms with E-state index in [1.807, 2.05) is 30.3 Å². The van der Waals surface area contributed by atoms with Gasteiger partial charge in [0.25, 0.3) is 0 Å². The number of benzene rings is 2. The van der Waals surface area contributed by atoms with E-state index in [0.29, 0.717) is 35.7 Å². The van der Waals surface area contributed by atoms with Crippen LogP contribution >= 0.6 is 0 Å². The van der Waals surface area contributed by atoms with Crippen LogP contribution in [0.15, 0.2) is 30.3 Å². The van der Waals surface area contributed by atoms with Crippen LogP contribution in [0.5, 0.6) is 23.0 Å². The number of fused-ring (bicyclic) bond motifs is 1. The highest BCUT2D eigenvalue weighted by Crippen LogP contribution is 2.39. The molecule has 2 aromatic rings.